The highest BCUT2D eigenvalue weighted by Gasteiger charge is 2.18. The molecule has 0 rings (SSSR count). The molecule has 4 nitrogen and oxygen atoms in total. The third-order valence-corrected chi connectivity index (χ3v) is 2.63. The maximum atomic E-state index is 11.3. The van der Waals surface area contributed by atoms with Gasteiger partial charge in [0.2, 0.25) is 5.91 Å². The van der Waals surface area contributed by atoms with Crippen LogP contribution in [0.1, 0.15) is 47.5 Å². The normalized spacial score (nSPS) is 13.8. The number of carbonyl (C=O) groups excluding carboxylic acids is 1. The minimum absolute atomic E-state index is 0.108. The van der Waals surface area contributed by atoms with Crippen molar-refractivity contribution in [2.45, 2.75) is 59.1 Å². The van der Waals surface area contributed by atoms with E-state index < -0.39 is 6.04 Å². The van der Waals surface area contributed by atoms with Crippen molar-refractivity contribution in [2.24, 2.45) is 11.7 Å². The zero-order valence-electron chi connectivity index (χ0n) is 11.9. The summed E-state index contributed by atoms with van der Waals surface area (Å²) in [6.45, 7) is 11.5. The molecule has 0 aromatic heterocycles. The standard InChI is InChI=1S/C13H28N2O2/c1-10(2)6-9-17-13(4,5)7-8-15-12(16)11(3)14/h10-11H,6-9,14H2,1-5H3,(H,15,16). The van der Waals surface area contributed by atoms with E-state index in [0.717, 1.165) is 19.4 Å². The van der Waals surface area contributed by atoms with Gasteiger partial charge in [0.1, 0.15) is 0 Å². The van der Waals surface area contributed by atoms with E-state index in [1.165, 1.54) is 0 Å². The van der Waals surface area contributed by atoms with E-state index in [0.29, 0.717) is 12.5 Å². The Morgan fingerprint density at radius 2 is 1.94 bits per heavy atom. The van der Waals surface area contributed by atoms with Gasteiger partial charge in [0.15, 0.2) is 0 Å². The number of amides is 1. The second-order valence-electron chi connectivity index (χ2n) is 5.62. The lowest BCUT2D eigenvalue weighted by Gasteiger charge is -2.26. The molecule has 0 fully saturated rings. The van der Waals surface area contributed by atoms with Crippen molar-refractivity contribution in [3.8, 4) is 0 Å². The highest BCUT2D eigenvalue weighted by Crippen LogP contribution is 2.15. The zero-order valence-corrected chi connectivity index (χ0v) is 11.9. The first-order valence-electron chi connectivity index (χ1n) is 6.42. The topological polar surface area (TPSA) is 64.3 Å². The fraction of sp³-hybridized carbons (Fsp3) is 0.923. The molecule has 1 unspecified atom stereocenters. The average Bonchev–Trinajstić information content (AvgIpc) is 2.15. The van der Waals surface area contributed by atoms with E-state index in [1.54, 1.807) is 6.92 Å². The lowest BCUT2D eigenvalue weighted by atomic mass is 10.0. The van der Waals surface area contributed by atoms with E-state index in [9.17, 15) is 4.79 Å². The molecule has 0 aliphatic carbocycles. The molecule has 0 aromatic rings. The molecule has 0 bridgehead atoms. The minimum atomic E-state index is -0.444. The largest absolute Gasteiger partial charge is 0.375 e. The molecule has 1 atom stereocenters. The van der Waals surface area contributed by atoms with Crippen molar-refractivity contribution >= 4 is 5.91 Å². The van der Waals surface area contributed by atoms with E-state index in [1.807, 2.05) is 13.8 Å². The summed E-state index contributed by atoms with van der Waals surface area (Å²) in [4.78, 5) is 11.3. The Kier molecular flexibility index (Phi) is 7.39. The Hall–Kier alpha value is -0.610. The molecular weight excluding hydrogens is 216 g/mol. The van der Waals surface area contributed by atoms with Gasteiger partial charge in [-0.05, 0) is 39.5 Å². The van der Waals surface area contributed by atoms with Crippen molar-refractivity contribution in [1.29, 1.82) is 0 Å². The molecule has 1 amide bonds. The summed E-state index contributed by atoms with van der Waals surface area (Å²) in [5.41, 5.74) is 5.26. The van der Waals surface area contributed by atoms with Crippen LogP contribution < -0.4 is 11.1 Å². The molecule has 0 aliphatic rings. The second kappa shape index (κ2) is 7.67. The predicted octanol–water partition coefficient (Wildman–Crippen LogP) is 1.68. The Balaban J connectivity index is 3.74. The first-order chi connectivity index (χ1) is 7.74. The highest BCUT2D eigenvalue weighted by molar-refractivity contribution is 5.80. The summed E-state index contributed by atoms with van der Waals surface area (Å²) in [6, 6.07) is -0.444. The van der Waals surface area contributed by atoms with E-state index in [2.05, 4.69) is 19.2 Å². The van der Waals surface area contributed by atoms with Gasteiger partial charge in [-0.1, -0.05) is 13.8 Å². The number of ether oxygens (including phenoxy) is 1. The molecule has 0 spiro atoms. The average molecular weight is 244 g/mol. The van der Waals surface area contributed by atoms with Crippen molar-refractivity contribution < 1.29 is 9.53 Å². The van der Waals surface area contributed by atoms with Crippen molar-refractivity contribution in [3.63, 3.8) is 0 Å². The molecule has 0 aromatic carbocycles. The lowest BCUT2D eigenvalue weighted by molar-refractivity contribution is -0.122. The molecule has 17 heavy (non-hydrogen) atoms. The van der Waals surface area contributed by atoms with Crippen molar-refractivity contribution in [3.05, 3.63) is 0 Å². The fourth-order valence-corrected chi connectivity index (χ4v) is 1.29. The number of hydrogen-bond donors (Lipinski definition) is 2. The molecule has 0 saturated carbocycles. The van der Waals surface area contributed by atoms with Crippen LogP contribution in [0.2, 0.25) is 0 Å². The van der Waals surface area contributed by atoms with E-state index in [-0.39, 0.29) is 11.5 Å². The van der Waals surface area contributed by atoms with Crippen LogP contribution in [0.25, 0.3) is 0 Å². The molecule has 0 heterocycles. The molecule has 3 N–H and O–H groups in total. The van der Waals surface area contributed by atoms with Crippen molar-refractivity contribution in [1.82, 2.24) is 5.32 Å². The van der Waals surface area contributed by atoms with Gasteiger partial charge in [-0.2, -0.15) is 0 Å². The van der Waals surface area contributed by atoms with Crippen LogP contribution in [0.4, 0.5) is 0 Å². The van der Waals surface area contributed by atoms with Gasteiger partial charge in [-0.15, -0.1) is 0 Å². The lowest BCUT2D eigenvalue weighted by Crippen LogP contribution is -2.40. The van der Waals surface area contributed by atoms with Gasteiger partial charge >= 0.3 is 0 Å². The Labute approximate surface area is 105 Å². The third kappa shape index (κ3) is 9.12. The monoisotopic (exact) mass is 244 g/mol. The fourth-order valence-electron chi connectivity index (χ4n) is 1.29. The predicted molar refractivity (Wildman–Crippen MR) is 70.8 cm³/mol. The summed E-state index contributed by atoms with van der Waals surface area (Å²) in [5.74, 6) is 0.548. The summed E-state index contributed by atoms with van der Waals surface area (Å²) in [7, 11) is 0. The third-order valence-electron chi connectivity index (χ3n) is 2.63. The van der Waals surface area contributed by atoms with Gasteiger partial charge in [0.25, 0.3) is 0 Å². The number of rotatable bonds is 8. The first-order valence-corrected chi connectivity index (χ1v) is 6.42. The molecule has 4 heteroatoms. The van der Waals surface area contributed by atoms with Gasteiger partial charge < -0.3 is 15.8 Å². The smallest absolute Gasteiger partial charge is 0.236 e. The summed E-state index contributed by atoms with van der Waals surface area (Å²) >= 11 is 0. The van der Waals surface area contributed by atoms with Crippen LogP contribution in [0.15, 0.2) is 0 Å². The summed E-state index contributed by atoms with van der Waals surface area (Å²) < 4.78 is 5.80. The van der Waals surface area contributed by atoms with E-state index in [4.69, 9.17) is 10.5 Å². The maximum absolute atomic E-state index is 11.3. The van der Waals surface area contributed by atoms with Gasteiger partial charge in [0.05, 0.1) is 11.6 Å². The quantitative estimate of drug-likeness (QED) is 0.683. The van der Waals surface area contributed by atoms with Crippen LogP contribution in [0.5, 0.6) is 0 Å². The van der Waals surface area contributed by atoms with Crippen molar-refractivity contribution in [2.75, 3.05) is 13.2 Å². The van der Waals surface area contributed by atoms with Crippen LogP contribution in [0.3, 0.4) is 0 Å². The number of hydrogen-bond acceptors (Lipinski definition) is 3. The summed E-state index contributed by atoms with van der Waals surface area (Å²) in [5, 5.41) is 2.79. The molecule has 102 valence electrons. The molecule has 0 radical (unpaired) electrons. The van der Waals surface area contributed by atoms with Crippen LogP contribution in [0, 0.1) is 5.92 Å². The number of nitrogens with one attached hydrogen (secondary N) is 1. The first kappa shape index (κ1) is 16.4. The zero-order chi connectivity index (χ0) is 13.5. The Bertz CT molecular complexity index is 225. The van der Waals surface area contributed by atoms with Gasteiger partial charge in [0, 0.05) is 13.2 Å². The number of carbonyl (C=O) groups is 1. The second-order valence-corrected chi connectivity index (χ2v) is 5.62. The maximum Gasteiger partial charge on any atom is 0.236 e. The van der Waals surface area contributed by atoms with E-state index >= 15 is 0 Å². The van der Waals surface area contributed by atoms with Gasteiger partial charge in [-0.25, -0.2) is 0 Å². The van der Waals surface area contributed by atoms with Crippen LogP contribution in [-0.2, 0) is 9.53 Å². The SMILES string of the molecule is CC(C)CCOC(C)(C)CCNC(=O)C(C)N. The Morgan fingerprint density at radius 3 is 2.41 bits per heavy atom. The van der Waals surface area contributed by atoms with Gasteiger partial charge in [-0.3, -0.25) is 4.79 Å². The molecule has 0 saturated heterocycles. The highest BCUT2D eigenvalue weighted by atomic mass is 16.5. The molecule has 0 aliphatic heterocycles. The molecular formula is C13H28N2O2. The van der Waals surface area contributed by atoms with Crippen LogP contribution >= 0.6 is 0 Å². The summed E-state index contributed by atoms with van der Waals surface area (Å²) in [6.07, 6.45) is 1.86. The van der Waals surface area contributed by atoms with Crippen LogP contribution in [-0.4, -0.2) is 30.7 Å². The minimum Gasteiger partial charge on any atom is -0.375 e. The number of nitrogens with two attached hydrogens (primary N) is 1. The Morgan fingerprint density at radius 1 is 1.35 bits per heavy atom.